The lowest BCUT2D eigenvalue weighted by molar-refractivity contribution is 0.0169. The number of hydrogen-bond donors (Lipinski definition) is 2. The lowest BCUT2D eigenvalue weighted by Gasteiger charge is -2.53. The molecule has 30 heavy (non-hydrogen) atoms. The van der Waals surface area contributed by atoms with Gasteiger partial charge in [0.05, 0.1) is 5.56 Å². The largest absolute Gasteiger partial charge is 0.337 e. The summed E-state index contributed by atoms with van der Waals surface area (Å²) in [7, 11) is 0. The summed E-state index contributed by atoms with van der Waals surface area (Å²) in [5.74, 6) is -1.84. The molecule has 4 unspecified atom stereocenters. The number of nitrogens with one attached hydrogen (secondary N) is 1. The number of alkyl halides is 2. The number of aromatic nitrogens is 3. The minimum absolute atomic E-state index is 0.0363. The van der Waals surface area contributed by atoms with Crippen LogP contribution in [0.2, 0.25) is 0 Å². The third-order valence-electron chi connectivity index (χ3n) is 6.57. The van der Waals surface area contributed by atoms with Crippen LogP contribution in [0.4, 0.5) is 14.7 Å². The summed E-state index contributed by atoms with van der Waals surface area (Å²) in [4.78, 5) is 26.1. The molecule has 2 aromatic heterocycles. The molecule has 4 atom stereocenters. The zero-order valence-corrected chi connectivity index (χ0v) is 16.9. The first-order valence-corrected chi connectivity index (χ1v) is 10.1. The smallest absolute Gasteiger partial charge is 0.277 e. The third kappa shape index (κ3) is 3.86. The van der Waals surface area contributed by atoms with Crippen molar-refractivity contribution >= 4 is 11.9 Å². The first kappa shape index (κ1) is 20.6. The highest BCUT2D eigenvalue weighted by atomic mass is 19.3. The highest BCUT2D eigenvalue weighted by Gasteiger charge is 2.45. The molecule has 1 saturated carbocycles. The Bertz CT molecular complexity index is 918. The Hall–Kier alpha value is -2.68. The number of anilines is 1. The van der Waals surface area contributed by atoms with Crippen LogP contribution in [0.3, 0.4) is 0 Å². The van der Waals surface area contributed by atoms with E-state index in [1.54, 1.807) is 17.7 Å². The van der Waals surface area contributed by atoms with E-state index in [0.29, 0.717) is 23.8 Å². The summed E-state index contributed by atoms with van der Waals surface area (Å²) in [5, 5.41) is 8.68. The van der Waals surface area contributed by atoms with Crippen LogP contribution in [0.15, 0.2) is 30.9 Å². The third-order valence-corrected chi connectivity index (χ3v) is 6.57. The molecule has 7 nitrogen and oxygen atoms in total. The number of amides is 1. The predicted octanol–water partition coefficient (Wildman–Crippen LogP) is 3.51. The standard InChI is InChI=1S/C21H25F2N5O2/c1-12(14-6-17(10-24-7-14)21(2,22)23)13-3-4-18-15(5-13)11-28(18)20-25-8-16(9-26-20)19(29)27-30/h6-10,12-13,15,18,30H,3-5,11H2,1-2H3,(H,27,29). The predicted molar refractivity (Wildman–Crippen MR) is 105 cm³/mol. The Morgan fingerprint density at radius 3 is 2.63 bits per heavy atom. The number of carbonyl (C=O) groups is 1. The lowest BCUT2D eigenvalue weighted by atomic mass is 9.67. The number of nitrogens with zero attached hydrogens (tertiary/aromatic N) is 4. The molecule has 4 rings (SSSR count). The Labute approximate surface area is 173 Å². The molecule has 1 aliphatic carbocycles. The van der Waals surface area contributed by atoms with Gasteiger partial charge in [0.15, 0.2) is 0 Å². The molecule has 0 bridgehead atoms. The Morgan fingerprint density at radius 2 is 2.00 bits per heavy atom. The molecule has 3 heterocycles. The van der Waals surface area contributed by atoms with Gasteiger partial charge < -0.3 is 4.90 Å². The van der Waals surface area contributed by atoms with Crippen LogP contribution in [-0.2, 0) is 5.92 Å². The highest BCUT2D eigenvalue weighted by Crippen LogP contribution is 2.46. The Kier molecular flexibility index (Phi) is 5.40. The molecule has 0 radical (unpaired) electrons. The quantitative estimate of drug-likeness (QED) is 0.572. The van der Waals surface area contributed by atoms with Gasteiger partial charge in [-0.05, 0) is 48.6 Å². The SMILES string of the molecule is CC(c1cncc(C(C)(F)F)c1)C1CCC2C(C1)CN2c1ncc(C(=O)NO)cn1. The van der Waals surface area contributed by atoms with Gasteiger partial charge in [0, 0.05) is 49.9 Å². The molecule has 2 fully saturated rings. The van der Waals surface area contributed by atoms with Crippen molar-refractivity contribution < 1.29 is 18.8 Å². The summed E-state index contributed by atoms with van der Waals surface area (Å²) in [6.07, 6.45) is 8.76. The van der Waals surface area contributed by atoms with Gasteiger partial charge in [0.25, 0.3) is 11.8 Å². The second kappa shape index (κ2) is 7.86. The van der Waals surface area contributed by atoms with Crippen molar-refractivity contribution in [2.45, 2.75) is 51.0 Å². The molecule has 0 spiro atoms. The minimum Gasteiger partial charge on any atom is -0.337 e. The molecule has 160 valence electrons. The first-order valence-electron chi connectivity index (χ1n) is 10.1. The molecular formula is C21H25F2N5O2. The van der Waals surface area contributed by atoms with E-state index in [1.807, 2.05) is 0 Å². The average Bonchev–Trinajstić information content (AvgIpc) is 2.73. The number of hydrogen-bond acceptors (Lipinski definition) is 6. The maximum atomic E-state index is 13.7. The fourth-order valence-corrected chi connectivity index (χ4v) is 4.70. The summed E-state index contributed by atoms with van der Waals surface area (Å²) >= 11 is 0. The van der Waals surface area contributed by atoms with E-state index in [-0.39, 0.29) is 17.0 Å². The molecule has 1 amide bonds. The van der Waals surface area contributed by atoms with Gasteiger partial charge in [-0.3, -0.25) is 15.0 Å². The monoisotopic (exact) mass is 417 g/mol. The number of halogens is 2. The van der Waals surface area contributed by atoms with Gasteiger partial charge in [0.1, 0.15) is 0 Å². The number of fused-ring (bicyclic) bond motifs is 1. The Balaban J connectivity index is 1.39. The van der Waals surface area contributed by atoms with Crippen molar-refractivity contribution in [2.75, 3.05) is 11.4 Å². The number of carbonyl (C=O) groups excluding carboxylic acids is 1. The maximum absolute atomic E-state index is 13.7. The van der Waals surface area contributed by atoms with E-state index in [0.717, 1.165) is 38.3 Å². The molecule has 2 N–H and O–H groups in total. The fraction of sp³-hybridized carbons (Fsp3) is 0.524. The first-order chi connectivity index (χ1) is 14.3. The van der Waals surface area contributed by atoms with Crippen LogP contribution >= 0.6 is 0 Å². The molecule has 1 saturated heterocycles. The van der Waals surface area contributed by atoms with Crippen LogP contribution in [0.1, 0.15) is 60.5 Å². The van der Waals surface area contributed by atoms with Crippen LogP contribution in [0.5, 0.6) is 0 Å². The maximum Gasteiger partial charge on any atom is 0.277 e. The Morgan fingerprint density at radius 1 is 1.27 bits per heavy atom. The van der Waals surface area contributed by atoms with E-state index < -0.39 is 11.8 Å². The van der Waals surface area contributed by atoms with Gasteiger partial charge >= 0.3 is 0 Å². The lowest BCUT2D eigenvalue weighted by Crippen LogP contribution is -2.59. The van der Waals surface area contributed by atoms with E-state index in [9.17, 15) is 13.6 Å². The van der Waals surface area contributed by atoms with Crippen LogP contribution in [0, 0.1) is 11.8 Å². The van der Waals surface area contributed by atoms with E-state index in [1.165, 1.54) is 18.6 Å². The van der Waals surface area contributed by atoms with Crippen LogP contribution in [-0.4, -0.2) is 38.7 Å². The van der Waals surface area contributed by atoms with Gasteiger partial charge in [-0.1, -0.05) is 6.92 Å². The zero-order chi connectivity index (χ0) is 21.5. The minimum atomic E-state index is -2.89. The molecular weight excluding hydrogens is 392 g/mol. The number of pyridine rings is 1. The number of rotatable bonds is 5. The second-order valence-electron chi connectivity index (χ2n) is 8.45. The fourth-order valence-electron chi connectivity index (χ4n) is 4.70. The van der Waals surface area contributed by atoms with Crippen molar-refractivity contribution in [2.24, 2.45) is 11.8 Å². The molecule has 2 aromatic rings. The van der Waals surface area contributed by atoms with Gasteiger partial charge in [-0.25, -0.2) is 24.2 Å². The van der Waals surface area contributed by atoms with E-state index in [2.05, 4.69) is 26.8 Å². The van der Waals surface area contributed by atoms with Crippen molar-refractivity contribution in [3.8, 4) is 0 Å². The number of hydroxylamine groups is 1. The summed E-state index contributed by atoms with van der Waals surface area (Å²) in [6, 6.07) is 1.95. The summed E-state index contributed by atoms with van der Waals surface area (Å²) in [6.45, 7) is 3.84. The van der Waals surface area contributed by atoms with Gasteiger partial charge in [-0.2, -0.15) is 0 Å². The zero-order valence-electron chi connectivity index (χ0n) is 16.9. The van der Waals surface area contributed by atoms with Gasteiger partial charge in [-0.15, -0.1) is 0 Å². The van der Waals surface area contributed by atoms with Crippen molar-refractivity contribution in [1.82, 2.24) is 20.4 Å². The average molecular weight is 417 g/mol. The molecule has 2 aliphatic rings. The van der Waals surface area contributed by atoms with E-state index >= 15 is 0 Å². The van der Waals surface area contributed by atoms with Crippen LogP contribution < -0.4 is 10.4 Å². The molecule has 1 aliphatic heterocycles. The molecule has 0 aromatic carbocycles. The van der Waals surface area contributed by atoms with E-state index in [4.69, 9.17) is 5.21 Å². The van der Waals surface area contributed by atoms with Crippen molar-refractivity contribution in [1.29, 1.82) is 0 Å². The van der Waals surface area contributed by atoms with Crippen LogP contribution in [0.25, 0.3) is 0 Å². The van der Waals surface area contributed by atoms with Gasteiger partial charge in [0.2, 0.25) is 5.95 Å². The second-order valence-corrected chi connectivity index (χ2v) is 8.45. The van der Waals surface area contributed by atoms with Crippen molar-refractivity contribution in [3.63, 3.8) is 0 Å². The van der Waals surface area contributed by atoms with Crippen molar-refractivity contribution in [3.05, 3.63) is 47.5 Å². The summed E-state index contributed by atoms with van der Waals surface area (Å²) < 4.78 is 27.3. The highest BCUT2D eigenvalue weighted by molar-refractivity contribution is 5.92. The topological polar surface area (TPSA) is 91.2 Å². The molecule has 9 heteroatoms. The summed E-state index contributed by atoms with van der Waals surface area (Å²) in [5.41, 5.74) is 2.60. The normalized spacial score (nSPS) is 24.6.